The lowest BCUT2D eigenvalue weighted by Gasteiger charge is -2.35. The summed E-state index contributed by atoms with van der Waals surface area (Å²) in [5, 5.41) is 11.5. The third-order valence-corrected chi connectivity index (χ3v) is 9.28. The number of hydrogen-bond acceptors (Lipinski definition) is 8. The van der Waals surface area contributed by atoms with Crippen LogP contribution in [0.5, 0.6) is 5.75 Å². The molecule has 0 unspecified atom stereocenters. The molecule has 12 nitrogen and oxygen atoms in total. The predicted molar refractivity (Wildman–Crippen MR) is 186 cm³/mol. The minimum absolute atomic E-state index is 0.0365. The molecule has 1 saturated heterocycles. The number of carbonyl (C=O) groups is 2. The van der Waals surface area contributed by atoms with Gasteiger partial charge in [0.25, 0.3) is 5.91 Å². The van der Waals surface area contributed by atoms with Crippen LogP contribution in [-0.4, -0.2) is 100 Å². The Morgan fingerprint density at radius 1 is 0.980 bits per heavy atom. The Morgan fingerprint density at radius 2 is 1.82 bits per heavy atom. The zero-order valence-electron chi connectivity index (χ0n) is 27.5. The lowest BCUT2D eigenvalue weighted by molar-refractivity contribution is -0.131. The minimum Gasteiger partial charge on any atom is -0.496 e. The van der Waals surface area contributed by atoms with Crippen LogP contribution in [0.3, 0.4) is 0 Å². The molecule has 5 aromatic rings. The quantitative estimate of drug-likeness (QED) is 0.233. The molecule has 2 amide bonds. The van der Waals surface area contributed by atoms with Crippen LogP contribution in [0.25, 0.3) is 27.6 Å². The number of ether oxygens (including phenoxy) is 1. The standard InChI is InChI=1S/C36H38FN9O3/c1-38-29-9-5-12-39-35(29)43-17-19-44(20-18-43)36(48)30-22-28-27(25-8-3-4-10-31(25)49-2)21-26(33(37)34(28)41-30)24-7-6-14-45(23-24)32(47)11-15-46-16-13-40-42-46/h3-5,7-10,12-13,16,21-22,38,41H,6,11,14-15,17-20,23H2,1-2H3. The largest absolute Gasteiger partial charge is 0.496 e. The van der Waals surface area contributed by atoms with Gasteiger partial charge in [-0.25, -0.2) is 9.37 Å². The van der Waals surface area contributed by atoms with E-state index in [2.05, 4.69) is 30.5 Å². The summed E-state index contributed by atoms with van der Waals surface area (Å²) in [6, 6.07) is 15.0. The first-order valence-electron chi connectivity index (χ1n) is 16.4. The fourth-order valence-electron chi connectivity index (χ4n) is 6.71. The number of anilines is 2. The van der Waals surface area contributed by atoms with Gasteiger partial charge < -0.3 is 29.7 Å². The molecule has 1 fully saturated rings. The first-order valence-corrected chi connectivity index (χ1v) is 16.4. The molecule has 0 spiro atoms. The van der Waals surface area contributed by atoms with E-state index in [9.17, 15) is 9.59 Å². The van der Waals surface area contributed by atoms with Gasteiger partial charge >= 0.3 is 0 Å². The molecular weight excluding hydrogens is 625 g/mol. The van der Waals surface area contributed by atoms with Gasteiger partial charge in [-0.05, 0) is 47.9 Å². The van der Waals surface area contributed by atoms with E-state index in [4.69, 9.17) is 4.74 Å². The number of rotatable bonds is 9. The van der Waals surface area contributed by atoms with Gasteiger partial charge in [0.1, 0.15) is 11.4 Å². The van der Waals surface area contributed by atoms with Gasteiger partial charge in [-0.1, -0.05) is 29.5 Å². The average Bonchev–Trinajstić information content (AvgIpc) is 3.85. The Balaban J connectivity index is 1.19. The van der Waals surface area contributed by atoms with Crippen molar-refractivity contribution in [2.45, 2.75) is 19.4 Å². The number of para-hydroxylation sites is 1. The fraction of sp³-hybridized carbons (Fsp3) is 0.306. The monoisotopic (exact) mass is 663 g/mol. The molecule has 0 radical (unpaired) electrons. The zero-order chi connectivity index (χ0) is 33.9. The number of nitrogens with one attached hydrogen (secondary N) is 2. The number of fused-ring (bicyclic) bond motifs is 1. The number of methoxy groups -OCH3 is 1. The van der Waals surface area contributed by atoms with Crippen molar-refractivity contribution >= 4 is 39.8 Å². The molecule has 252 valence electrons. The average molecular weight is 664 g/mol. The zero-order valence-corrected chi connectivity index (χ0v) is 27.5. The summed E-state index contributed by atoms with van der Waals surface area (Å²) in [4.78, 5) is 40.5. The molecular formula is C36H38FN9O3. The van der Waals surface area contributed by atoms with E-state index in [1.165, 1.54) is 0 Å². The first-order chi connectivity index (χ1) is 23.9. The lowest BCUT2D eigenvalue weighted by atomic mass is 9.93. The van der Waals surface area contributed by atoms with E-state index >= 15 is 4.39 Å². The number of benzene rings is 2. The van der Waals surface area contributed by atoms with Crippen molar-refractivity contribution in [3.05, 3.63) is 90.3 Å². The van der Waals surface area contributed by atoms with Gasteiger partial charge in [-0.15, -0.1) is 5.10 Å². The molecule has 0 atom stereocenters. The topological polar surface area (TPSA) is 125 Å². The van der Waals surface area contributed by atoms with E-state index in [0.717, 1.165) is 22.6 Å². The number of carbonyl (C=O) groups excluding carboxylic acids is 2. The van der Waals surface area contributed by atoms with Crippen LogP contribution in [0, 0.1) is 5.82 Å². The second-order valence-corrected chi connectivity index (χ2v) is 12.1. The number of nitrogens with zero attached hydrogens (tertiary/aromatic N) is 7. The van der Waals surface area contributed by atoms with Crippen molar-refractivity contribution in [1.29, 1.82) is 0 Å². The molecule has 2 aliphatic rings. The number of halogens is 1. The third-order valence-electron chi connectivity index (χ3n) is 9.28. The summed E-state index contributed by atoms with van der Waals surface area (Å²) in [5.41, 5.74) is 4.08. The van der Waals surface area contributed by atoms with E-state index < -0.39 is 5.82 Å². The van der Waals surface area contributed by atoms with Crippen molar-refractivity contribution in [2.24, 2.45) is 0 Å². The highest BCUT2D eigenvalue weighted by atomic mass is 19.1. The Kier molecular flexibility index (Phi) is 8.97. The Bertz CT molecular complexity index is 2020. The molecule has 3 aromatic heterocycles. The van der Waals surface area contributed by atoms with Gasteiger partial charge in [0.05, 0.1) is 31.1 Å². The second kappa shape index (κ2) is 13.8. The van der Waals surface area contributed by atoms with Crippen LogP contribution >= 0.6 is 0 Å². The predicted octanol–water partition coefficient (Wildman–Crippen LogP) is 4.68. The van der Waals surface area contributed by atoms with Crippen LogP contribution in [0.4, 0.5) is 15.9 Å². The van der Waals surface area contributed by atoms with Gasteiger partial charge in [-0.3, -0.25) is 14.3 Å². The Morgan fingerprint density at radius 3 is 2.59 bits per heavy atom. The van der Waals surface area contributed by atoms with Crippen LogP contribution in [0.2, 0.25) is 0 Å². The maximum absolute atomic E-state index is 16.7. The molecule has 2 aromatic carbocycles. The molecule has 0 aliphatic carbocycles. The number of aryl methyl sites for hydroxylation is 1. The number of pyridine rings is 1. The Hall–Kier alpha value is -5.72. The first kappa shape index (κ1) is 31.9. The number of amides is 2. The summed E-state index contributed by atoms with van der Waals surface area (Å²) >= 11 is 0. The SMILES string of the molecule is CNc1cccnc1N1CCN(C(=O)c2cc3c(-c4ccccc4OC)cc(C4=CCCN(C(=O)CCn5ccnn5)C4)c(F)c3[nH]2)CC1. The molecule has 7 rings (SSSR count). The lowest BCUT2D eigenvalue weighted by Crippen LogP contribution is -2.49. The van der Waals surface area contributed by atoms with Gasteiger partial charge in [0.2, 0.25) is 5.91 Å². The van der Waals surface area contributed by atoms with Crippen molar-refractivity contribution < 1.29 is 18.7 Å². The number of hydrogen-bond donors (Lipinski definition) is 2. The maximum Gasteiger partial charge on any atom is 0.270 e. The van der Waals surface area contributed by atoms with E-state index in [1.807, 2.05) is 55.6 Å². The van der Waals surface area contributed by atoms with Crippen molar-refractivity contribution in [2.75, 3.05) is 63.6 Å². The molecule has 0 bridgehead atoms. The van der Waals surface area contributed by atoms with Crippen molar-refractivity contribution in [1.82, 2.24) is 34.8 Å². The maximum atomic E-state index is 16.7. The molecule has 49 heavy (non-hydrogen) atoms. The van der Waals surface area contributed by atoms with Crippen molar-refractivity contribution in [3.8, 4) is 16.9 Å². The summed E-state index contributed by atoms with van der Waals surface area (Å²) in [6.45, 7) is 3.46. The highest BCUT2D eigenvalue weighted by Gasteiger charge is 2.28. The number of piperazine rings is 1. The minimum atomic E-state index is -0.463. The number of H-pyrrole nitrogens is 1. The third kappa shape index (κ3) is 6.31. The normalized spacial score (nSPS) is 15.0. The van der Waals surface area contributed by atoms with E-state index in [-0.39, 0.29) is 30.3 Å². The van der Waals surface area contributed by atoms with Gasteiger partial charge in [-0.2, -0.15) is 0 Å². The highest BCUT2D eigenvalue weighted by Crippen LogP contribution is 2.40. The molecule has 2 N–H and O–H groups in total. The fourth-order valence-corrected chi connectivity index (χ4v) is 6.71. The summed E-state index contributed by atoms with van der Waals surface area (Å²) < 4.78 is 24.0. The van der Waals surface area contributed by atoms with Crippen LogP contribution in [-0.2, 0) is 11.3 Å². The van der Waals surface area contributed by atoms with Crippen LogP contribution < -0.4 is 15.0 Å². The number of aromatic amines is 1. The molecule has 13 heteroatoms. The smallest absolute Gasteiger partial charge is 0.270 e. The van der Waals surface area contributed by atoms with E-state index in [0.29, 0.717) is 73.7 Å². The molecule has 2 aliphatic heterocycles. The van der Waals surface area contributed by atoms with Crippen LogP contribution in [0.1, 0.15) is 28.9 Å². The van der Waals surface area contributed by atoms with Crippen molar-refractivity contribution in [3.63, 3.8) is 0 Å². The Labute approximate surface area is 283 Å². The summed E-state index contributed by atoms with van der Waals surface area (Å²) in [6.07, 6.45) is 7.91. The van der Waals surface area contributed by atoms with Gasteiger partial charge in [0.15, 0.2) is 11.6 Å². The van der Waals surface area contributed by atoms with Gasteiger partial charge in [0, 0.05) is 81.6 Å². The summed E-state index contributed by atoms with van der Waals surface area (Å²) in [5.74, 6) is 0.788. The number of aromatic nitrogens is 5. The molecule has 5 heterocycles. The van der Waals surface area contributed by atoms with Crippen LogP contribution in [0.15, 0.2) is 73.2 Å². The van der Waals surface area contributed by atoms with E-state index in [1.54, 1.807) is 46.2 Å². The highest BCUT2D eigenvalue weighted by molar-refractivity contribution is 6.05. The second-order valence-electron chi connectivity index (χ2n) is 12.1. The summed E-state index contributed by atoms with van der Waals surface area (Å²) in [7, 11) is 3.46. The molecule has 0 saturated carbocycles.